The van der Waals surface area contributed by atoms with Crippen molar-refractivity contribution >= 4 is 65.8 Å². The van der Waals surface area contributed by atoms with E-state index in [0.717, 1.165) is 21.0 Å². The van der Waals surface area contributed by atoms with Crippen LogP contribution in [0.25, 0.3) is 72.2 Å². The van der Waals surface area contributed by atoms with Gasteiger partial charge in [-0.15, -0.1) is 45.3 Å². The van der Waals surface area contributed by atoms with Gasteiger partial charge in [-0.1, -0.05) is 165 Å². The summed E-state index contributed by atoms with van der Waals surface area (Å²) in [6, 6.07) is 41.3. The Morgan fingerprint density at radius 2 is 0.787 bits per heavy atom. The number of para-hydroxylation sites is 2. The molecule has 1 aliphatic rings. The summed E-state index contributed by atoms with van der Waals surface area (Å²) in [5, 5.41) is 2.24. The van der Waals surface area contributed by atoms with Gasteiger partial charge in [0.25, 0.3) is 0 Å². The van der Waals surface area contributed by atoms with E-state index >= 15 is 0 Å². The molecule has 0 spiro atoms. The molecule has 0 aliphatic heterocycles. The maximum Gasteiger partial charge on any atom is 0.134 e. The molecule has 9 rings (SSSR count). The van der Waals surface area contributed by atoms with E-state index in [-0.39, 0.29) is 5.41 Å². The van der Waals surface area contributed by atoms with Crippen LogP contribution < -0.4 is 0 Å². The van der Waals surface area contributed by atoms with Crippen LogP contribution in [0.15, 0.2) is 109 Å². The van der Waals surface area contributed by atoms with Gasteiger partial charge in [0, 0.05) is 15.2 Å². The molecule has 1 aliphatic carbocycles. The number of aromatic nitrogens is 2. The Balaban J connectivity index is 1.06. The molecule has 0 atom stereocenters. The van der Waals surface area contributed by atoms with Crippen molar-refractivity contribution in [1.29, 1.82) is 0 Å². The highest BCUT2D eigenvalue weighted by molar-refractivity contribution is 7.27. The molecule has 314 valence electrons. The fourth-order valence-corrected chi connectivity index (χ4v) is 13.8. The van der Waals surface area contributed by atoms with E-state index in [1.807, 2.05) is 22.7 Å². The highest BCUT2D eigenvalue weighted by atomic mass is 32.1. The summed E-state index contributed by atoms with van der Waals surface area (Å²) in [5.74, 6) is 0. The lowest BCUT2D eigenvalue weighted by molar-refractivity contribution is 0.397. The summed E-state index contributed by atoms with van der Waals surface area (Å²) in [4.78, 5) is 15.2. The second-order valence-electron chi connectivity index (χ2n) is 17.4. The van der Waals surface area contributed by atoms with E-state index in [1.54, 1.807) is 33.8 Å². The summed E-state index contributed by atoms with van der Waals surface area (Å²) in [7, 11) is 0. The highest BCUT2D eigenvalue weighted by Crippen LogP contribution is 2.56. The SMILES string of the molecule is CCCCCCCCCCC1(CCCCCCCCCC)c2cc(-c3ccc(-c4nc5ccccc5s4)s3)ccc2-c2ccc(-c3ccc(-c4nc5ccccc5s4)s3)cc21. The van der Waals surface area contributed by atoms with Crippen LogP contribution in [0, 0.1) is 0 Å². The van der Waals surface area contributed by atoms with Crippen molar-refractivity contribution < 1.29 is 0 Å². The lowest BCUT2D eigenvalue weighted by Crippen LogP contribution is -2.25. The van der Waals surface area contributed by atoms with Gasteiger partial charge in [-0.05, 0) is 107 Å². The fraction of sp³-hybridized carbons (Fsp3) is 0.382. The Morgan fingerprint density at radius 1 is 0.393 bits per heavy atom. The first-order valence-corrected chi connectivity index (χ1v) is 26.6. The maximum absolute atomic E-state index is 5.03. The Hall–Kier alpha value is -3.94. The Morgan fingerprint density at radius 3 is 1.21 bits per heavy atom. The molecule has 4 aromatic heterocycles. The maximum atomic E-state index is 5.03. The third kappa shape index (κ3) is 9.39. The molecule has 6 heteroatoms. The van der Waals surface area contributed by atoms with Gasteiger partial charge < -0.3 is 0 Å². The summed E-state index contributed by atoms with van der Waals surface area (Å²) < 4.78 is 2.51. The van der Waals surface area contributed by atoms with Crippen LogP contribution in [-0.2, 0) is 5.41 Å². The molecule has 0 saturated heterocycles. The van der Waals surface area contributed by atoms with Crippen molar-refractivity contribution in [3.8, 4) is 51.8 Å². The van der Waals surface area contributed by atoms with E-state index in [1.165, 1.54) is 167 Å². The van der Waals surface area contributed by atoms with Crippen LogP contribution in [0.1, 0.15) is 141 Å². The number of thiazole rings is 2. The van der Waals surface area contributed by atoms with E-state index in [4.69, 9.17) is 9.97 Å². The topological polar surface area (TPSA) is 25.8 Å². The minimum absolute atomic E-state index is 0.00134. The molecule has 0 fully saturated rings. The number of fused-ring (bicyclic) bond motifs is 5. The molecule has 0 amide bonds. The molecule has 61 heavy (non-hydrogen) atoms. The van der Waals surface area contributed by atoms with Gasteiger partial charge in [-0.2, -0.15) is 0 Å². The molecule has 0 radical (unpaired) electrons. The third-order valence-corrected chi connectivity index (χ3v) is 17.7. The van der Waals surface area contributed by atoms with Gasteiger partial charge in [0.05, 0.1) is 30.2 Å². The van der Waals surface area contributed by atoms with Gasteiger partial charge in [0.1, 0.15) is 10.0 Å². The Kier molecular flexibility index (Phi) is 13.9. The molecular formula is C55H60N2S4. The second-order valence-corrected chi connectivity index (χ2v) is 21.6. The lowest BCUT2D eigenvalue weighted by Gasteiger charge is -2.33. The Bertz CT molecular complexity index is 2420. The molecule has 2 nitrogen and oxygen atoms in total. The van der Waals surface area contributed by atoms with Gasteiger partial charge in [0.2, 0.25) is 0 Å². The zero-order chi connectivity index (χ0) is 41.4. The normalized spacial score (nSPS) is 13.1. The van der Waals surface area contributed by atoms with Crippen LogP contribution in [0.4, 0.5) is 0 Å². The second kappa shape index (κ2) is 20.1. The van der Waals surface area contributed by atoms with Crippen molar-refractivity contribution in [2.75, 3.05) is 0 Å². The molecule has 4 aromatic carbocycles. The third-order valence-electron chi connectivity index (χ3n) is 13.1. The zero-order valence-electron chi connectivity index (χ0n) is 36.1. The van der Waals surface area contributed by atoms with E-state index in [9.17, 15) is 0 Å². The number of benzene rings is 4. The molecule has 0 N–H and O–H groups in total. The van der Waals surface area contributed by atoms with Gasteiger partial charge in [-0.25, -0.2) is 9.97 Å². The van der Waals surface area contributed by atoms with Crippen molar-refractivity contribution in [3.05, 3.63) is 120 Å². The number of thiophene rings is 2. The molecule has 8 aromatic rings. The average Bonchev–Trinajstić information content (AvgIpc) is 4.15. The predicted molar refractivity (Wildman–Crippen MR) is 271 cm³/mol. The Labute approximate surface area is 380 Å². The van der Waals surface area contributed by atoms with Crippen LogP contribution in [-0.4, -0.2) is 9.97 Å². The quantitative estimate of drug-likeness (QED) is 0.0634. The minimum Gasteiger partial charge on any atom is -0.235 e. The first-order chi connectivity index (χ1) is 30.1. The standard InChI is InChI=1S/C55H60N2S4/c1-3-5-7-9-11-13-15-21-35-55(36-22-16-14-12-10-8-6-4-2)43-37-39(47-31-33-51(58-47)53-56-45-23-17-19-25-49(45)60-53)27-29-41(43)42-30-28-40(38-44(42)55)48-32-34-52(59-48)54-57-46-24-18-20-26-50(46)61-54/h17-20,23-34,37-38H,3-16,21-22,35-36H2,1-2H3. The molecule has 0 saturated carbocycles. The predicted octanol–water partition coefficient (Wildman–Crippen LogP) is 19.0. The van der Waals surface area contributed by atoms with E-state index < -0.39 is 0 Å². The first-order valence-electron chi connectivity index (χ1n) is 23.4. The molecule has 0 bridgehead atoms. The van der Waals surface area contributed by atoms with E-state index in [0.29, 0.717) is 0 Å². The van der Waals surface area contributed by atoms with Crippen molar-refractivity contribution in [2.45, 2.75) is 135 Å². The van der Waals surface area contributed by atoms with Gasteiger partial charge in [0.15, 0.2) is 0 Å². The number of nitrogens with zero attached hydrogens (tertiary/aromatic N) is 2. The van der Waals surface area contributed by atoms with Crippen LogP contribution in [0.3, 0.4) is 0 Å². The fourth-order valence-electron chi connectivity index (χ4n) is 9.76. The lowest BCUT2D eigenvalue weighted by atomic mass is 9.70. The van der Waals surface area contributed by atoms with Crippen LogP contribution in [0.2, 0.25) is 0 Å². The smallest absolute Gasteiger partial charge is 0.134 e. The highest BCUT2D eigenvalue weighted by Gasteiger charge is 2.42. The minimum atomic E-state index is 0.00134. The number of rotatable bonds is 22. The van der Waals surface area contributed by atoms with Gasteiger partial charge >= 0.3 is 0 Å². The van der Waals surface area contributed by atoms with Crippen LogP contribution in [0.5, 0.6) is 0 Å². The van der Waals surface area contributed by atoms with Crippen LogP contribution >= 0.6 is 45.3 Å². The van der Waals surface area contributed by atoms with E-state index in [2.05, 4.69) is 123 Å². The largest absolute Gasteiger partial charge is 0.235 e. The number of hydrogen-bond donors (Lipinski definition) is 0. The number of unbranched alkanes of at least 4 members (excludes halogenated alkanes) is 14. The summed E-state index contributed by atoms with van der Waals surface area (Å²) in [6.45, 7) is 4.64. The van der Waals surface area contributed by atoms with Crippen molar-refractivity contribution in [2.24, 2.45) is 0 Å². The molecule has 0 unspecified atom stereocenters. The van der Waals surface area contributed by atoms with Crippen molar-refractivity contribution in [1.82, 2.24) is 9.97 Å². The van der Waals surface area contributed by atoms with Crippen molar-refractivity contribution in [3.63, 3.8) is 0 Å². The van der Waals surface area contributed by atoms with Gasteiger partial charge in [-0.3, -0.25) is 0 Å². The molecular weight excluding hydrogens is 817 g/mol. The first kappa shape index (κ1) is 42.4. The average molecular weight is 877 g/mol. The number of hydrogen-bond acceptors (Lipinski definition) is 6. The monoisotopic (exact) mass is 876 g/mol. The summed E-state index contributed by atoms with van der Waals surface area (Å²) in [5.41, 5.74) is 10.9. The molecule has 4 heterocycles. The summed E-state index contributed by atoms with van der Waals surface area (Å²) in [6.07, 6.45) is 24.0. The zero-order valence-corrected chi connectivity index (χ0v) is 39.4. The summed E-state index contributed by atoms with van der Waals surface area (Å²) >= 11 is 7.40.